The summed E-state index contributed by atoms with van der Waals surface area (Å²) in [6, 6.07) is 5.40. The minimum Gasteiger partial charge on any atom is -0.381 e. The summed E-state index contributed by atoms with van der Waals surface area (Å²) in [6.07, 6.45) is -5.58. The van der Waals surface area contributed by atoms with Gasteiger partial charge < -0.3 is 10.5 Å². The average molecular weight is 493 g/mol. The minimum atomic E-state index is -5.64. The van der Waals surface area contributed by atoms with Gasteiger partial charge >= 0.3 is 12.1 Å². The summed E-state index contributed by atoms with van der Waals surface area (Å²) in [7, 11) is -4.12. The molecule has 7 nitrogen and oxygen atoms in total. The summed E-state index contributed by atoms with van der Waals surface area (Å²) in [6.45, 7) is 0.161. The molecule has 0 spiro atoms. The van der Waals surface area contributed by atoms with Crippen molar-refractivity contribution in [2.24, 2.45) is 5.73 Å². The fourth-order valence-electron chi connectivity index (χ4n) is 3.44. The molecule has 2 heterocycles. The van der Waals surface area contributed by atoms with E-state index in [4.69, 9.17) is 10.5 Å². The normalized spacial score (nSPS) is 17.0. The molecular weight excluding hydrogens is 473 g/mol. The lowest BCUT2D eigenvalue weighted by Crippen LogP contribution is -2.53. The van der Waals surface area contributed by atoms with Gasteiger partial charge in [-0.05, 0) is 31.4 Å². The maximum Gasteiger partial charge on any atom is 0.453 e. The Kier molecular flexibility index (Phi) is 6.76. The van der Waals surface area contributed by atoms with Crippen molar-refractivity contribution in [1.82, 2.24) is 9.97 Å². The van der Waals surface area contributed by atoms with E-state index in [9.17, 15) is 35.2 Å². The second-order valence-corrected chi connectivity index (χ2v) is 9.85. The van der Waals surface area contributed by atoms with Gasteiger partial charge in [0.15, 0.2) is 14.6 Å². The number of halogens is 5. The zero-order chi connectivity index (χ0) is 24.5. The number of rotatable bonds is 7. The molecule has 33 heavy (non-hydrogen) atoms. The standard InChI is InChI=1S/C20H20F5N3O4S/c21-19(22,20(23,24)25)6-5-14-11-28-16(12-27-14)13-1-3-15(4-2-13)33(30,31)18(17(26)29)7-9-32-10-8-18/h1-4,11-12H,5-10H2,(H2,26,29). The maximum atomic E-state index is 13.1. The molecule has 1 aromatic heterocycles. The van der Waals surface area contributed by atoms with Gasteiger partial charge in [-0.15, -0.1) is 0 Å². The van der Waals surface area contributed by atoms with E-state index in [2.05, 4.69) is 9.97 Å². The van der Waals surface area contributed by atoms with Crippen LogP contribution in [-0.2, 0) is 25.8 Å². The summed E-state index contributed by atoms with van der Waals surface area (Å²) in [5.74, 6) is -5.78. The summed E-state index contributed by atoms with van der Waals surface area (Å²) >= 11 is 0. The SMILES string of the molecule is NC(=O)C1(S(=O)(=O)c2ccc(-c3cnc(CCC(F)(F)C(F)(F)F)cn3)cc2)CCOCC1. The van der Waals surface area contributed by atoms with Gasteiger partial charge in [-0.3, -0.25) is 14.8 Å². The van der Waals surface area contributed by atoms with Crippen molar-refractivity contribution in [3.8, 4) is 11.3 Å². The highest BCUT2D eigenvalue weighted by atomic mass is 32.2. The molecule has 1 amide bonds. The van der Waals surface area contributed by atoms with E-state index in [0.29, 0.717) is 5.56 Å². The van der Waals surface area contributed by atoms with Crippen LogP contribution in [0.3, 0.4) is 0 Å². The van der Waals surface area contributed by atoms with Crippen LogP contribution in [0.5, 0.6) is 0 Å². The summed E-state index contributed by atoms with van der Waals surface area (Å²) < 4.78 is 92.6. The number of nitrogens with zero attached hydrogens (tertiary/aromatic N) is 2. The Balaban J connectivity index is 1.77. The van der Waals surface area contributed by atoms with Gasteiger partial charge in [0.05, 0.1) is 22.5 Å². The number of alkyl halides is 5. The van der Waals surface area contributed by atoms with Crippen LogP contribution in [0.4, 0.5) is 22.0 Å². The number of aryl methyl sites for hydroxylation is 1. The Bertz CT molecular complexity index is 1100. The molecule has 0 saturated carbocycles. The second-order valence-electron chi connectivity index (χ2n) is 7.59. The van der Waals surface area contributed by atoms with Crippen molar-refractivity contribution in [2.45, 2.75) is 47.4 Å². The molecule has 1 aliphatic rings. The second kappa shape index (κ2) is 8.93. The molecule has 2 aromatic rings. The third kappa shape index (κ3) is 4.83. The van der Waals surface area contributed by atoms with Crippen LogP contribution in [0, 0.1) is 0 Å². The largest absolute Gasteiger partial charge is 0.453 e. The molecular formula is C20H20F5N3O4S. The highest BCUT2D eigenvalue weighted by molar-refractivity contribution is 7.93. The number of carbonyl (C=O) groups excluding carboxylic acids is 1. The summed E-state index contributed by atoms with van der Waals surface area (Å²) in [4.78, 5) is 19.8. The Morgan fingerprint density at radius 2 is 1.64 bits per heavy atom. The number of nitrogens with two attached hydrogens (primary N) is 1. The highest BCUT2D eigenvalue weighted by Gasteiger charge is 2.56. The van der Waals surface area contributed by atoms with E-state index >= 15 is 0 Å². The number of primary amides is 1. The van der Waals surface area contributed by atoms with Crippen LogP contribution >= 0.6 is 0 Å². The van der Waals surface area contributed by atoms with Crippen LogP contribution in [0.1, 0.15) is 25.0 Å². The first-order valence-corrected chi connectivity index (χ1v) is 11.3. The lowest BCUT2D eigenvalue weighted by molar-refractivity contribution is -0.284. The molecule has 1 saturated heterocycles. The molecule has 13 heteroatoms. The Morgan fingerprint density at radius 3 is 2.12 bits per heavy atom. The summed E-state index contributed by atoms with van der Waals surface area (Å²) in [5.41, 5.74) is 6.06. The van der Waals surface area contributed by atoms with Gasteiger partial charge in [-0.25, -0.2) is 8.42 Å². The molecule has 0 atom stereocenters. The molecule has 1 aliphatic heterocycles. The number of hydrogen-bond acceptors (Lipinski definition) is 6. The zero-order valence-electron chi connectivity index (χ0n) is 17.1. The molecule has 1 aromatic carbocycles. The van der Waals surface area contributed by atoms with Crippen LogP contribution in [0.25, 0.3) is 11.3 Å². The number of hydrogen-bond donors (Lipinski definition) is 1. The number of ether oxygens (including phenoxy) is 1. The lowest BCUT2D eigenvalue weighted by Gasteiger charge is -2.33. The number of aromatic nitrogens is 2. The smallest absolute Gasteiger partial charge is 0.381 e. The molecule has 3 rings (SSSR count). The van der Waals surface area contributed by atoms with Crippen LogP contribution in [0.15, 0.2) is 41.6 Å². The third-order valence-corrected chi connectivity index (χ3v) is 8.07. The monoisotopic (exact) mass is 493 g/mol. The van der Waals surface area contributed by atoms with Crippen molar-refractivity contribution >= 4 is 15.7 Å². The third-order valence-electron chi connectivity index (χ3n) is 5.54. The van der Waals surface area contributed by atoms with Crippen molar-refractivity contribution in [3.05, 3.63) is 42.4 Å². The van der Waals surface area contributed by atoms with Gasteiger partial charge in [-0.1, -0.05) is 12.1 Å². The number of amides is 1. The minimum absolute atomic E-state index is 0.0511. The molecule has 0 unspecified atom stereocenters. The van der Waals surface area contributed by atoms with Crippen molar-refractivity contribution in [3.63, 3.8) is 0 Å². The van der Waals surface area contributed by atoms with Gasteiger partial charge in [-0.2, -0.15) is 22.0 Å². The number of benzene rings is 1. The fourth-order valence-corrected chi connectivity index (χ4v) is 5.35. The fraction of sp³-hybridized carbons (Fsp3) is 0.450. The first-order valence-electron chi connectivity index (χ1n) is 9.78. The molecule has 180 valence electrons. The first kappa shape index (κ1) is 25.0. The Hall–Kier alpha value is -2.67. The van der Waals surface area contributed by atoms with E-state index in [1.54, 1.807) is 0 Å². The average Bonchev–Trinajstić information content (AvgIpc) is 2.77. The Morgan fingerprint density at radius 1 is 1.03 bits per heavy atom. The molecule has 0 bridgehead atoms. The molecule has 2 N–H and O–H groups in total. The predicted molar refractivity (Wildman–Crippen MR) is 106 cm³/mol. The van der Waals surface area contributed by atoms with Crippen LogP contribution < -0.4 is 5.73 Å². The Labute approximate surface area is 186 Å². The molecule has 0 aliphatic carbocycles. The highest BCUT2D eigenvalue weighted by Crippen LogP contribution is 2.39. The van der Waals surface area contributed by atoms with Crippen molar-refractivity contribution in [1.29, 1.82) is 0 Å². The first-order chi connectivity index (χ1) is 15.3. The van der Waals surface area contributed by atoms with Crippen LogP contribution in [0.2, 0.25) is 0 Å². The molecule has 0 radical (unpaired) electrons. The zero-order valence-corrected chi connectivity index (χ0v) is 17.9. The van der Waals surface area contributed by atoms with E-state index in [0.717, 1.165) is 6.20 Å². The lowest BCUT2D eigenvalue weighted by atomic mass is 9.98. The maximum absolute atomic E-state index is 13.1. The van der Waals surface area contributed by atoms with E-state index in [-0.39, 0.29) is 42.3 Å². The van der Waals surface area contributed by atoms with Gasteiger partial charge in [0, 0.05) is 31.4 Å². The number of carbonyl (C=O) groups is 1. The van der Waals surface area contributed by atoms with Gasteiger partial charge in [0.1, 0.15) is 0 Å². The van der Waals surface area contributed by atoms with Crippen molar-refractivity contribution in [2.75, 3.05) is 13.2 Å². The van der Waals surface area contributed by atoms with Gasteiger partial charge in [0.2, 0.25) is 5.91 Å². The van der Waals surface area contributed by atoms with Crippen LogP contribution in [-0.4, -0.2) is 54.4 Å². The van der Waals surface area contributed by atoms with Crippen molar-refractivity contribution < 1.29 is 39.9 Å². The summed E-state index contributed by atoms with van der Waals surface area (Å²) in [5, 5.41) is 0. The topological polar surface area (TPSA) is 112 Å². The van der Waals surface area contributed by atoms with Gasteiger partial charge in [0.25, 0.3) is 0 Å². The quantitative estimate of drug-likeness (QED) is 0.594. The van der Waals surface area contributed by atoms with E-state index in [1.807, 2.05) is 0 Å². The van der Waals surface area contributed by atoms with E-state index in [1.165, 1.54) is 30.5 Å². The molecule has 1 fully saturated rings. The van der Waals surface area contributed by atoms with E-state index < -0.39 is 45.4 Å². The predicted octanol–water partition coefficient (Wildman–Crippen LogP) is 3.08. The number of sulfone groups is 1.